The number of nitrogens with zero attached hydrogens (tertiary/aromatic N) is 2. The highest BCUT2D eigenvalue weighted by Crippen LogP contribution is 2.31. The molecule has 0 fully saturated rings. The monoisotopic (exact) mass is 661 g/mol. The maximum absolute atomic E-state index is 14.1. The molecule has 2 unspecified atom stereocenters. The van der Waals surface area contributed by atoms with E-state index in [1.165, 1.54) is 9.21 Å². The van der Waals surface area contributed by atoms with Crippen LogP contribution in [0.4, 0.5) is 5.69 Å². The Morgan fingerprint density at radius 2 is 1.57 bits per heavy atom. The number of para-hydroxylation sites is 2. The second kappa shape index (κ2) is 16.7. The minimum absolute atomic E-state index is 0.00568. The first kappa shape index (κ1) is 35.2. The van der Waals surface area contributed by atoms with E-state index in [1.807, 2.05) is 51.1 Å². The number of nitrogens with one attached hydrogen (secondary N) is 1. The predicted molar refractivity (Wildman–Crippen MR) is 178 cm³/mol. The number of ether oxygens (including phenoxy) is 1. The summed E-state index contributed by atoms with van der Waals surface area (Å²) < 4.78 is 32.6. The zero-order valence-corrected chi connectivity index (χ0v) is 28.0. The molecule has 0 spiro atoms. The molecule has 2 atom stereocenters. The number of halogens is 2. The molecule has 2 amide bonds. The second-order valence-electron chi connectivity index (χ2n) is 10.6. The third-order valence-corrected chi connectivity index (χ3v) is 9.14. The van der Waals surface area contributed by atoms with E-state index >= 15 is 0 Å². The molecular weight excluding hydrogens is 621 g/mol. The van der Waals surface area contributed by atoms with E-state index in [-0.39, 0.29) is 50.2 Å². The molecule has 8 nitrogen and oxygen atoms in total. The van der Waals surface area contributed by atoms with Gasteiger partial charge in [-0.05, 0) is 56.5 Å². The summed E-state index contributed by atoms with van der Waals surface area (Å²) in [6, 6.07) is 20.5. The van der Waals surface area contributed by atoms with Gasteiger partial charge in [0.15, 0.2) is 0 Å². The van der Waals surface area contributed by atoms with Crippen molar-refractivity contribution in [3.05, 3.63) is 94.0 Å². The zero-order valence-electron chi connectivity index (χ0n) is 25.6. The van der Waals surface area contributed by atoms with Crippen molar-refractivity contribution in [2.45, 2.75) is 65.1 Å². The molecule has 0 aliphatic carbocycles. The number of hydrogen-bond acceptors (Lipinski definition) is 5. The largest absolute Gasteiger partial charge is 0.492 e. The summed E-state index contributed by atoms with van der Waals surface area (Å²) in [6.07, 6.45) is 2.29. The average molecular weight is 663 g/mol. The van der Waals surface area contributed by atoms with Crippen LogP contribution in [0.1, 0.15) is 51.2 Å². The maximum Gasteiger partial charge on any atom is 0.243 e. The van der Waals surface area contributed by atoms with Crippen molar-refractivity contribution in [3.8, 4) is 5.75 Å². The molecule has 3 aromatic carbocycles. The number of carbonyl (C=O) groups excluding carboxylic acids is 2. The van der Waals surface area contributed by atoms with Crippen LogP contribution in [0.5, 0.6) is 5.75 Å². The van der Waals surface area contributed by atoms with E-state index in [2.05, 4.69) is 5.32 Å². The third kappa shape index (κ3) is 9.87. The number of hydrogen-bond donors (Lipinski definition) is 1. The fourth-order valence-electron chi connectivity index (χ4n) is 4.77. The van der Waals surface area contributed by atoms with Crippen LogP contribution in [-0.4, -0.2) is 56.6 Å². The maximum atomic E-state index is 14.1. The highest BCUT2D eigenvalue weighted by molar-refractivity contribution is 7.92. The molecule has 0 aromatic heterocycles. The molecule has 3 rings (SSSR count). The summed E-state index contributed by atoms with van der Waals surface area (Å²) in [5.41, 5.74) is 1.82. The van der Waals surface area contributed by atoms with Gasteiger partial charge < -0.3 is 15.0 Å². The topological polar surface area (TPSA) is 96.0 Å². The molecule has 0 bridgehead atoms. The van der Waals surface area contributed by atoms with Gasteiger partial charge in [0.05, 0.1) is 18.6 Å². The van der Waals surface area contributed by atoms with Gasteiger partial charge in [0, 0.05) is 47.6 Å². The lowest BCUT2D eigenvalue weighted by Gasteiger charge is -2.33. The molecule has 0 aliphatic rings. The van der Waals surface area contributed by atoms with Crippen LogP contribution in [0.15, 0.2) is 72.8 Å². The number of amides is 2. The minimum Gasteiger partial charge on any atom is -0.492 e. The predicted octanol–water partition coefficient (Wildman–Crippen LogP) is 6.49. The summed E-state index contributed by atoms with van der Waals surface area (Å²) in [6.45, 7) is 6.12. The minimum atomic E-state index is -3.69. The Morgan fingerprint density at radius 3 is 2.18 bits per heavy atom. The van der Waals surface area contributed by atoms with Gasteiger partial charge >= 0.3 is 0 Å². The lowest BCUT2D eigenvalue weighted by molar-refractivity contribution is -0.141. The van der Waals surface area contributed by atoms with Crippen molar-refractivity contribution in [1.29, 1.82) is 0 Å². The molecule has 44 heavy (non-hydrogen) atoms. The number of benzene rings is 3. The van der Waals surface area contributed by atoms with Gasteiger partial charge in [-0.1, -0.05) is 78.7 Å². The molecule has 1 N–H and O–H groups in total. The van der Waals surface area contributed by atoms with E-state index < -0.39 is 16.1 Å². The van der Waals surface area contributed by atoms with E-state index in [1.54, 1.807) is 42.5 Å². The van der Waals surface area contributed by atoms with Gasteiger partial charge in [-0.3, -0.25) is 13.9 Å². The Balaban J connectivity index is 1.95. The van der Waals surface area contributed by atoms with Crippen LogP contribution in [0.2, 0.25) is 10.0 Å². The van der Waals surface area contributed by atoms with Gasteiger partial charge in [0.25, 0.3) is 0 Å². The van der Waals surface area contributed by atoms with Crippen LogP contribution in [0, 0.1) is 0 Å². The molecule has 3 aromatic rings. The highest BCUT2D eigenvalue weighted by Gasteiger charge is 2.32. The van der Waals surface area contributed by atoms with Crippen molar-refractivity contribution >= 4 is 50.7 Å². The van der Waals surface area contributed by atoms with Crippen molar-refractivity contribution < 1.29 is 22.7 Å². The molecule has 0 aliphatic heterocycles. The summed E-state index contributed by atoms with van der Waals surface area (Å²) in [5.74, 6) is -0.178. The summed E-state index contributed by atoms with van der Waals surface area (Å²) >= 11 is 13.1. The quantitative estimate of drug-likeness (QED) is 0.189. The van der Waals surface area contributed by atoms with Gasteiger partial charge in [0.2, 0.25) is 21.8 Å². The van der Waals surface area contributed by atoms with E-state index in [4.69, 9.17) is 27.9 Å². The molecule has 0 radical (unpaired) electrons. The Morgan fingerprint density at radius 1 is 0.932 bits per heavy atom. The fraction of sp³-hybridized carbons (Fsp3) is 0.394. The average Bonchev–Trinajstić information content (AvgIpc) is 2.98. The van der Waals surface area contributed by atoms with Crippen molar-refractivity contribution in [2.75, 3.05) is 23.7 Å². The molecular formula is C33H41Cl2N3O5S. The molecule has 0 saturated carbocycles. The summed E-state index contributed by atoms with van der Waals surface area (Å²) in [5, 5.41) is 3.80. The Hall–Kier alpha value is -3.27. The van der Waals surface area contributed by atoms with Gasteiger partial charge in [-0.25, -0.2) is 8.42 Å². The van der Waals surface area contributed by atoms with Crippen LogP contribution in [0.3, 0.4) is 0 Å². The lowest BCUT2D eigenvalue weighted by atomic mass is 10.0. The first-order valence-electron chi connectivity index (χ1n) is 14.7. The standard InChI is InChI=1S/C33H41Cl2N3O5S/c1-5-24(3)36-33(40)30(22-25-14-8-7-9-15-25)37(23-26-27(34)16-12-17-28(26)35)32(39)20-13-21-38(44(4,41)42)29-18-10-11-19-31(29)43-6-2/h7-12,14-19,24,30H,5-6,13,20-23H2,1-4H3,(H,36,40). The number of sulfonamides is 1. The van der Waals surface area contributed by atoms with E-state index in [9.17, 15) is 18.0 Å². The zero-order chi connectivity index (χ0) is 32.3. The van der Waals surface area contributed by atoms with Crippen molar-refractivity contribution in [3.63, 3.8) is 0 Å². The van der Waals surface area contributed by atoms with Crippen LogP contribution in [0.25, 0.3) is 0 Å². The Bertz CT molecular complexity index is 1480. The van der Waals surface area contributed by atoms with Crippen LogP contribution < -0.4 is 14.4 Å². The Labute approximate surface area is 271 Å². The van der Waals surface area contributed by atoms with Crippen LogP contribution >= 0.6 is 23.2 Å². The molecule has 0 saturated heterocycles. The van der Waals surface area contributed by atoms with Gasteiger partial charge in [0.1, 0.15) is 11.8 Å². The van der Waals surface area contributed by atoms with E-state index in [0.29, 0.717) is 33.7 Å². The van der Waals surface area contributed by atoms with Crippen molar-refractivity contribution in [2.24, 2.45) is 0 Å². The second-order valence-corrected chi connectivity index (χ2v) is 13.3. The summed E-state index contributed by atoms with van der Waals surface area (Å²) in [7, 11) is -3.69. The van der Waals surface area contributed by atoms with Gasteiger partial charge in [-0.2, -0.15) is 0 Å². The first-order valence-corrected chi connectivity index (χ1v) is 17.3. The first-order chi connectivity index (χ1) is 21.0. The lowest BCUT2D eigenvalue weighted by Crippen LogP contribution is -2.52. The Kier molecular flexibility index (Phi) is 13.4. The number of carbonyl (C=O) groups is 2. The third-order valence-electron chi connectivity index (χ3n) is 7.25. The fourth-order valence-corrected chi connectivity index (χ4v) is 6.26. The molecule has 11 heteroatoms. The number of anilines is 1. The summed E-state index contributed by atoms with van der Waals surface area (Å²) in [4.78, 5) is 29.3. The highest BCUT2D eigenvalue weighted by atomic mass is 35.5. The molecule has 0 heterocycles. The number of rotatable bonds is 16. The van der Waals surface area contributed by atoms with Crippen molar-refractivity contribution in [1.82, 2.24) is 10.2 Å². The van der Waals surface area contributed by atoms with Gasteiger partial charge in [-0.15, -0.1) is 0 Å². The molecule has 238 valence electrons. The van der Waals surface area contributed by atoms with E-state index in [0.717, 1.165) is 18.2 Å². The smallest absolute Gasteiger partial charge is 0.243 e. The SMILES string of the molecule is CCOc1ccccc1N(CCCC(=O)N(Cc1c(Cl)cccc1Cl)C(Cc1ccccc1)C(=O)NC(C)CC)S(C)(=O)=O. The normalized spacial score (nSPS) is 12.7. The van der Waals surface area contributed by atoms with Crippen LogP contribution in [-0.2, 0) is 32.6 Å².